The molecule has 5 N–H and O–H groups in total. The van der Waals surface area contributed by atoms with Gasteiger partial charge in [0.15, 0.2) is 0 Å². The van der Waals surface area contributed by atoms with Gasteiger partial charge in [-0.15, -0.1) is 0 Å². The minimum atomic E-state index is -4.42. The molecule has 0 aromatic heterocycles. The number of nitrogen functional groups attached to an aromatic ring is 1. The third-order valence-electron chi connectivity index (χ3n) is 4.77. The molecule has 0 heterocycles. The van der Waals surface area contributed by atoms with Crippen LogP contribution >= 0.6 is 0 Å². The lowest BCUT2D eigenvalue weighted by molar-refractivity contribution is 0.482. The van der Waals surface area contributed by atoms with Gasteiger partial charge >= 0.3 is 0 Å². The number of nitrogens with one attached hydrogen (secondary N) is 1. The zero-order chi connectivity index (χ0) is 21.7. The molecule has 30 heavy (non-hydrogen) atoms. The van der Waals surface area contributed by atoms with Crippen molar-refractivity contribution >= 4 is 58.8 Å². The number of hydrogen-bond donors (Lipinski definition) is 4. The lowest BCUT2D eigenvalue weighted by Crippen LogP contribution is -2.03. The molecule has 8 nitrogen and oxygen atoms in total. The highest BCUT2D eigenvalue weighted by molar-refractivity contribution is 7.86. The lowest BCUT2D eigenvalue weighted by atomic mass is 10.1. The van der Waals surface area contributed by atoms with Crippen LogP contribution in [0.4, 0.5) is 17.1 Å². The van der Waals surface area contributed by atoms with Gasteiger partial charge in [-0.3, -0.25) is 9.11 Å². The second-order valence-electron chi connectivity index (χ2n) is 6.61. The lowest BCUT2D eigenvalue weighted by Gasteiger charge is -2.15. The summed E-state index contributed by atoms with van der Waals surface area (Å²) in [6, 6.07) is 16.9. The molecule has 0 aliphatic rings. The fraction of sp³-hybridized carbons (Fsp3) is 0. The Balaban J connectivity index is 1.88. The van der Waals surface area contributed by atoms with Crippen molar-refractivity contribution in [3.63, 3.8) is 0 Å². The second-order valence-corrected chi connectivity index (χ2v) is 9.39. The van der Waals surface area contributed by atoms with Crippen molar-refractivity contribution in [1.29, 1.82) is 0 Å². The van der Waals surface area contributed by atoms with Gasteiger partial charge in [0.25, 0.3) is 20.2 Å². The van der Waals surface area contributed by atoms with E-state index in [1.807, 2.05) is 0 Å². The summed E-state index contributed by atoms with van der Waals surface area (Å²) in [6.07, 6.45) is 0. The van der Waals surface area contributed by atoms with Gasteiger partial charge in [-0.1, -0.05) is 42.5 Å². The Morgan fingerprint density at radius 3 is 1.80 bits per heavy atom. The Morgan fingerprint density at radius 1 is 0.600 bits per heavy atom. The third-order valence-corrected chi connectivity index (χ3v) is 6.60. The molecule has 0 radical (unpaired) electrons. The predicted molar refractivity (Wildman–Crippen MR) is 115 cm³/mol. The molecule has 10 heteroatoms. The highest BCUT2D eigenvalue weighted by atomic mass is 32.2. The fourth-order valence-corrected chi connectivity index (χ4v) is 4.84. The summed E-state index contributed by atoms with van der Waals surface area (Å²) in [5.74, 6) is 0. The van der Waals surface area contributed by atoms with Crippen molar-refractivity contribution < 1.29 is 25.9 Å². The van der Waals surface area contributed by atoms with Crippen molar-refractivity contribution in [2.24, 2.45) is 0 Å². The van der Waals surface area contributed by atoms with Crippen LogP contribution in [-0.4, -0.2) is 25.9 Å². The van der Waals surface area contributed by atoms with Gasteiger partial charge in [-0.05, 0) is 24.3 Å². The van der Waals surface area contributed by atoms with Crippen LogP contribution in [0.2, 0.25) is 0 Å². The highest BCUT2D eigenvalue weighted by Crippen LogP contribution is 2.36. The first-order valence-electron chi connectivity index (χ1n) is 8.62. The molecule has 0 amide bonds. The normalized spacial score (nSPS) is 12.3. The maximum Gasteiger partial charge on any atom is 0.295 e. The van der Waals surface area contributed by atoms with Gasteiger partial charge in [0.1, 0.15) is 9.79 Å². The van der Waals surface area contributed by atoms with Crippen LogP contribution in [0.3, 0.4) is 0 Å². The standard InChI is InChI=1S/C20H16N2O6S2/c21-20-15-6-3-7-18(29(23,24)25)14(15)8-9-17(20)22-16-10-11-19(30(26,27)28)13-5-2-1-4-12(13)16/h1-11,22H,21H2,(H,23,24,25)(H,26,27,28). The van der Waals surface area contributed by atoms with E-state index >= 15 is 0 Å². The van der Waals surface area contributed by atoms with Crippen LogP contribution in [0.15, 0.2) is 76.5 Å². The van der Waals surface area contributed by atoms with Crippen molar-refractivity contribution in [2.45, 2.75) is 9.79 Å². The molecule has 0 bridgehead atoms. The van der Waals surface area contributed by atoms with Gasteiger partial charge in [-0.2, -0.15) is 16.8 Å². The average Bonchev–Trinajstić information content (AvgIpc) is 2.68. The highest BCUT2D eigenvalue weighted by Gasteiger charge is 2.18. The summed E-state index contributed by atoms with van der Waals surface area (Å²) in [5.41, 5.74) is 7.49. The maximum atomic E-state index is 11.7. The first-order valence-corrected chi connectivity index (χ1v) is 11.5. The second kappa shape index (κ2) is 6.96. The third kappa shape index (κ3) is 3.46. The summed E-state index contributed by atoms with van der Waals surface area (Å²) < 4.78 is 65.5. The quantitative estimate of drug-likeness (QED) is 0.274. The number of fused-ring (bicyclic) bond motifs is 2. The van der Waals surface area contributed by atoms with Crippen LogP contribution < -0.4 is 11.1 Å². The first kappa shape index (κ1) is 20.1. The molecule has 154 valence electrons. The number of rotatable bonds is 4. The summed E-state index contributed by atoms with van der Waals surface area (Å²) in [6.45, 7) is 0. The predicted octanol–water partition coefficient (Wildman–Crippen LogP) is 3.81. The molecule has 0 aliphatic carbocycles. The Labute approximate surface area is 172 Å². The van der Waals surface area contributed by atoms with Crippen molar-refractivity contribution in [3.05, 3.63) is 66.7 Å². The molecule has 0 saturated heterocycles. The summed E-state index contributed by atoms with van der Waals surface area (Å²) >= 11 is 0. The van der Waals surface area contributed by atoms with Gasteiger partial charge in [-0.25, -0.2) is 0 Å². The smallest absolute Gasteiger partial charge is 0.295 e. The van der Waals surface area contributed by atoms with E-state index in [0.29, 0.717) is 27.5 Å². The minimum absolute atomic E-state index is 0.215. The Hall–Kier alpha value is -3.18. The number of nitrogens with two attached hydrogens (primary N) is 1. The number of benzene rings is 4. The average molecular weight is 444 g/mol. The molecular formula is C20H16N2O6S2. The van der Waals surface area contributed by atoms with Crippen molar-refractivity contribution in [2.75, 3.05) is 11.1 Å². The maximum absolute atomic E-state index is 11.7. The summed E-state index contributed by atoms with van der Waals surface area (Å²) in [7, 11) is -8.83. The zero-order valence-corrected chi connectivity index (χ0v) is 16.9. The van der Waals surface area contributed by atoms with Crippen LogP contribution in [-0.2, 0) is 20.2 Å². The van der Waals surface area contributed by atoms with Crippen LogP contribution in [0.5, 0.6) is 0 Å². The summed E-state index contributed by atoms with van der Waals surface area (Å²) in [5, 5.41) is 4.70. The molecular weight excluding hydrogens is 428 g/mol. The molecule has 0 spiro atoms. The zero-order valence-electron chi connectivity index (χ0n) is 15.3. The molecule has 0 atom stereocenters. The van der Waals surface area contributed by atoms with E-state index in [2.05, 4.69) is 5.32 Å². The Bertz CT molecular complexity index is 1530. The van der Waals surface area contributed by atoms with Crippen molar-refractivity contribution in [3.8, 4) is 0 Å². The van der Waals surface area contributed by atoms with E-state index < -0.39 is 20.2 Å². The van der Waals surface area contributed by atoms with Crippen LogP contribution in [0.1, 0.15) is 0 Å². The van der Waals surface area contributed by atoms with Crippen molar-refractivity contribution in [1.82, 2.24) is 0 Å². The largest absolute Gasteiger partial charge is 0.397 e. The molecule has 0 saturated carbocycles. The van der Waals surface area contributed by atoms with Gasteiger partial charge in [0, 0.05) is 27.2 Å². The minimum Gasteiger partial charge on any atom is -0.397 e. The van der Waals surface area contributed by atoms with Crippen LogP contribution in [0, 0.1) is 0 Å². The van der Waals surface area contributed by atoms with E-state index in [1.54, 1.807) is 36.4 Å². The van der Waals surface area contributed by atoms with E-state index in [-0.39, 0.29) is 20.9 Å². The van der Waals surface area contributed by atoms with E-state index in [4.69, 9.17) is 5.73 Å². The molecule has 0 aliphatic heterocycles. The van der Waals surface area contributed by atoms with E-state index in [1.165, 1.54) is 30.3 Å². The molecule has 0 fully saturated rings. The van der Waals surface area contributed by atoms with E-state index in [9.17, 15) is 25.9 Å². The molecule has 4 rings (SSSR count). The SMILES string of the molecule is Nc1c(Nc2ccc(S(=O)(=O)O)c3ccccc23)ccc2c(S(=O)(=O)O)cccc12. The van der Waals surface area contributed by atoms with Crippen LogP contribution in [0.25, 0.3) is 21.5 Å². The monoisotopic (exact) mass is 444 g/mol. The number of hydrogen-bond acceptors (Lipinski definition) is 6. The van der Waals surface area contributed by atoms with Gasteiger partial charge in [0.2, 0.25) is 0 Å². The van der Waals surface area contributed by atoms with Gasteiger partial charge in [0.05, 0.1) is 11.4 Å². The topological polar surface area (TPSA) is 147 Å². The first-order chi connectivity index (χ1) is 14.1. The molecule has 4 aromatic rings. The summed E-state index contributed by atoms with van der Waals surface area (Å²) in [4.78, 5) is -0.464. The fourth-order valence-electron chi connectivity index (χ4n) is 3.44. The van der Waals surface area contributed by atoms with E-state index in [0.717, 1.165) is 0 Å². The Morgan fingerprint density at radius 2 is 1.13 bits per heavy atom. The molecule has 4 aromatic carbocycles. The van der Waals surface area contributed by atoms with Gasteiger partial charge < -0.3 is 11.1 Å². The number of anilines is 3. The molecule has 0 unspecified atom stereocenters. The Kier molecular flexibility index (Phi) is 4.66.